The first kappa shape index (κ1) is 17.4. The largest absolute Gasteiger partial charge is 0.494 e. The molecule has 134 valence electrons. The lowest BCUT2D eigenvalue weighted by molar-refractivity contribution is -0.122. The number of carbonyl (C=O) groups excluding carboxylic acids is 1. The summed E-state index contributed by atoms with van der Waals surface area (Å²) in [6.45, 7) is 2.62. The van der Waals surface area contributed by atoms with E-state index >= 15 is 0 Å². The van der Waals surface area contributed by atoms with Crippen molar-refractivity contribution < 1.29 is 13.9 Å². The second-order valence-electron chi connectivity index (χ2n) is 6.34. The number of amides is 1. The summed E-state index contributed by atoms with van der Waals surface area (Å²) in [5.74, 6) is -0.159. The topological polar surface area (TPSA) is 59.4 Å². The lowest BCUT2D eigenvalue weighted by atomic mass is 10.0. The van der Waals surface area contributed by atoms with Gasteiger partial charge in [0.2, 0.25) is 5.91 Å². The summed E-state index contributed by atoms with van der Waals surface area (Å²) in [7, 11) is 3.27. The Bertz CT molecular complexity index is 761. The first-order valence-electron chi connectivity index (χ1n) is 8.39. The first-order valence-corrected chi connectivity index (χ1v) is 8.39. The minimum Gasteiger partial charge on any atom is -0.494 e. The molecule has 1 amide bonds. The van der Waals surface area contributed by atoms with E-state index in [1.165, 1.54) is 13.2 Å². The molecule has 1 aromatic carbocycles. The molecule has 1 N–H and O–H groups in total. The summed E-state index contributed by atoms with van der Waals surface area (Å²) in [5.41, 5.74) is 1.59. The van der Waals surface area contributed by atoms with Crippen LogP contribution in [0.2, 0.25) is 0 Å². The molecule has 2 heterocycles. The van der Waals surface area contributed by atoms with Crippen LogP contribution < -0.4 is 15.0 Å². The maximum absolute atomic E-state index is 13.9. The Labute approximate surface area is 146 Å². The normalized spacial score (nSPS) is 19.1. The van der Waals surface area contributed by atoms with Gasteiger partial charge in [-0.25, -0.2) is 4.39 Å². The highest BCUT2D eigenvalue weighted by atomic mass is 19.1. The third-order valence-corrected chi connectivity index (χ3v) is 4.57. The van der Waals surface area contributed by atoms with E-state index in [0.29, 0.717) is 6.54 Å². The van der Waals surface area contributed by atoms with E-state index in [2.05, 4.69) is 10.4 Å². The zero-order chi connectivity index (χ0) is 18.0. The molecule has 1 fully saturated rings. The molecule has 0 aliphatic carbocycles. The number of nitrogens with zero attached hydrogens (tertiary/aromatic N) is 3. The van der Waals surface area contributed by atoms with Gasteiger partial charge in [-0.2, -0.15) is 5.10 Å². The summed E-state index contributed by atoms with van der Waals surface area (Å²) >= 11 is 0. The van der Waals surface area contributed by atoms with E-state index in [0.717, 1.165) is 24.1 Å². The standard InChI is InChI=1S/C18H23FN4O2/c1-12(13-6-7-17(25-3)15(19)9-13)21-16-5-4-8-23(18(16)24)14-10-20-22(2)11-14/h6-7,9-12,16,21H,4-5,8H2,1-3H3/t12-,16+/m1/s1. The zero-order valence-electron chi connectivity index (χ0n) is 14.7. The average Bonchev–Trinajstić information content (AvgIpc) is 3.02. The van der Waals surface area contributed by atoms with Crippen LogP contribution in [0.15, 0.2) is 30.6 Å². The second-order valence-corrected chi connectivity index (χ2v) is 6.34. The van der Waals surface area contributed by atoms with Gasteiger partial charge in [-0.05, 0) is 37.5 Å². The number of carbonyl (C=O) groups is 1. The molecular formula is C18H23FN4O2. The number of ether oxygens (including phenoxy) is 1. The third kappa shape index (κ3) is 3.66. The van der Waals surface area contributed by atoms with Gasteiger partial charge in [-0.3, -0.25) is 14.8 Å². The van der Waals surface area contributed by atoms with Gasteiger partial charge in [-0.15, -0.1) is 0 Å². The van der Waals surface area contributed by atoms with Crippen LogP contribution in [0.4, 0.5) is 10.1 Å². The molecule has 7 heteroatoms. The van der Waals surface area contributed by atoms with Crippen molar-refractivity contribution in [2.45, 2.75) is 31.8 Å². The van der Waals surface area contributed by atoms with Gasteiger partial charge in [-0.1, -0.05) is 6.07 Å². The number of piperidine rings is 1. The molecule has 0 unspecified atom stereocenters. The van der Waals surface area contributed by atoms with E-state index in [9.17, 15) is 9.18 Å². The van der Waals surface area contributed by atoms with Crippen molar-refractivity contribution in [3.8, 4) is 5.75 Å². The van der Waals surface area contributed by atoms with E-state index < -0.39 is 5.82 Å². The zero-order valence-corrected chi connectivity index (χ0v) is 14.7. The fourth-order valence-corrected chi connectivity index (χ4v) is 3.18. The van der Waals surface area contributed by atoms with Gasteiger partial charge < -0.3 is 9.64 Å². The Morgan fingerprint density at radius 3 is 2.88 bits per heavy atom. The van der Waals surface area contributed by atoms with Crippen LogP contribution in [0.1, 0.15) is 31.4 Å². The predicted octanol–water partition coefficient (Wildman–Crippen LogP) is 2.41. The smallest absolute Gasteiger partial charge is 0.244 e. The molecule has 1 saturated heterocycles. The molecule has 2 aromatic rings. The molecule has 2 atom stereocenters. The van der Waals surface area contributed by atoms with Crippen LogP contribution in [0, 0.1) is 5.82 Å². The number of methoxy groups -OCH3 is 1. The quantitative estimate of drug-likeness (QED) is 0.903. The summed E-state index contributed by atoms with van der Waals surface area (Å²) < 4.78 is 20.5. The number of halogens is 1. The average molecular weight is 346 g/mol. The van der Waals surface area contributed by atoms with Crippen LogP contribution in [0.25, 0.3) is 0 Å². The van der Waals surface area contributed by atoms with Crippen LogP contribution in [-0.4, -0.2) is 35.4 Å². The van der Waals surface area contributed by atoms with Crippen LogP contribution >= 0.6 is 0 Å². The highest BCUT2D eigenvalue weighted by molar-refractivity contribution is 5.97. The second kappa shape index (κ2) is 7.23. The van der Waals surface area contributed by atoms with E-state index in [1.807, 2.05) is 26.2 Å². The fourth-order valence-electron chi connectivity index (χ4n) is 3.18. The summed E-state index contributed by atoms with van der Waals surface area (Å²) in [4.78, 5) is 14.6. The van der Waals surface area contributed by atoms with Gasteiger partial charge in [0.05, 0.1) is 25.0 Å². The molecule has 0 bridgehead atoms. The summed E-state index contributed by atoms with van der Waals surface area (Å²) in [6.07, 6.45) is 5.20. The number of aryl methyl sites for hydroxylation is 1. The van der Waals surface area contributed by atoms with Crippen LogP contribution in [0.3, 0.4) is 0 Å². The molecule has 1 aliphatic rings. The van der Waals surface area contributed by atoms with E-state index in [1.54, 1.807) is 21.8 Å². The number of benzene rings is 1. The highest BCUT2D eigenvalue weighted by Crippen LogP contribution is 2.25. The maximum atomic E-state index is 13.9. The number of rotatable bonds is 5. The van der Waals surface area contributed by atoms with Crippen molar-refractivity contribution in [3.63, 3.8) is 0 Å². The minimum atomic E-state index is -0.402. The molecule has 0 radical (unpaired) electrons. The van der Waals surface area contributed by atoms with Crippen molar-refractivity contribution in [1.29, 1.82) is 0 Å². The summed E-state index contributed by atoms with van der Waals surface area (Å²) in [6, 6.07) is 4.42. The molecule has 25 heavy (non-hydrogen) atoms. The van der Waals surface area contributed by atoms with Crippen molar-refractivity contribution >= 4 is 11.6 Å². The SMILES string of the molecule is COc1ccc([C@@H](C)N[C@H]2CCCN(c3cnn(C)c3)C2=O)cc1F. The van der Waals surface area contributed by atoms with E-state index in [4.69, 9.17) is 4.74 Å². The minimum absolute atomic E-state index is 0.0279. The van der Waals surface area contributed by atoms with Gasteiger partial charge in [0, 0.05) is 25.8 Å². The van der Waals surface area contributed by atoms with Gasteiger partial charge in [0.15, 0.2) is 11.6 Å². The Morgan fingerprint density at radius 1 is 1.44 bits per heavy atom. The Balaban J connectivity index is 1.71. The van der Waals surface area contributed by atoms with Gasteiger partial charge >= 0.3 is 0 Å². The molecule has 0 saturated carbocycles. The van der Waals surface area contributed by atoms with Crippen molar-refractivity contribution in [2.24, 2.45) is 7.05 Å². The molecule has 1 aromatic heterocycles. The van der Waals surface area contributed by atoms with Gasteiger partial charge in [0.1, 0.15) is 0 Å². The predicted molar refractivity (Wildman–Crippen MR) is 93.1 cm³/mol. The molecule has 6 nitrogen and oxygen atoms in total. The number of hydrogen-bond donors (Lipinski definition) is 1. The third-order valence-electron chi connectivity index (χ3n) is 4.57. The van der Waals surface area contributed by atoms with E-state index in [-0.39, 0.29) is 23.7 Å². The van der Waals surface area contributed by atoms with Crippen molar-refractivity contribution in [2.75, 3.05) is 18.6 Å². The van der Waals surface area contributed by atoms with Crippen molar-refractivity contribution in [3.05, 3.63) is 42.0 Å². The Morgan fingerprint density at radius 2 is 2.24 bits per heavy atom. The fraction of sp³-hybridized carbons (Fsp3) is 0.444. The lowest BCUT2D eigenvalue weighted by Gasteiger charge is -2.33. The highest BCUT2D eigenvalue weighted by Gasteiger charge is 2.31. The lowest BCUT2D eigenvalue weighted by Crippen LogP contribution is -2.51. The Hall–Kier alpha value is -2.41. The monoisotopic (exact) mass is 346 g/mol. The molecule has 3 rings (SSSR count). The Kier molecular flexibility index (Phi) is 5.03. The number of hydrogen-bond acceptors (Lipinski definition) is 4. The van der Waals surface area contributed by atoms with Gasteiger partial charge in [0.25, 0.3) is 0 Å². The van der Waals surface area contributed by atoms with Crippen LogP contribution in [-0.2, 0) is 11.8 Å². The molecule has 1 aliphatic heterocycles. The number of nitrogens with one attached hydrogen (secondary N) is 1. The van der Waals surface area contributed by atoms with Crippen molar-refractivity contribution in [1.82, 2.24) is 15.1 Å². The van der Waals surface area contributed by atoms with Crippen LogP contribution in [0.5, 0.6) is 5.75 Å². The molecule has 0 spiro atoms. The first-order chi connectivity index (χ1) is 12.0. The maximum Gasteiger partial charge on any atom is 0.244 e. The molecular weight excluding hydrogens is 323 g/mol. The summed E-state index contributed by atoms with van der Waals surface area (Å²) in [5, 5.41) is 7.46. The number of aromatic nitrogens is 2. The number of anilines is 1.